The number of hydrogen-bond acceptors (Lipinski definition) is 4. The quantitative estimate of drug-likeness (QED) is 0.719. The summed E-state index contributed by atoms with van der Waals surface area (Å²) >= 11 is 0. The van der Waals surface area contributed by atoms with Gasteiger partial charge in [-0.3, -0.25) is 14.8 Å². The van der Waals surface area contributed by atoms with Crippen LogP contribution in [-0.4, -0.2) is 43.4 Å². The van der Waals surface area contributed by atoms with Crippen LogP contribution in [0.25, 0.3) is 11.4 Å². The van der Waals surface area contributed by atoms with Crippen LogP contribution in [0.4, 0.5) is 0 Å². The number of imidazole rings is 1. The summed E-state index contributed by atoms with van der Waals surface area (Å²) in [5, 5.41) is 0. The van der Waals surface area contributed by atoms with Gasteiger partial charge in [0.15, 0.2) is 0 Å². The number of aryl methyl sites for hydroxylation is 1. The maximum Gasteiger partial charge on any atom is 0.253 e. The molecule has 1 aliphatic heterocycles. The van der Waals surface area contributed by atoms with Crippen molar-refractivity contribution in [2.45, 2.75) is 25.7 Å². The number of aromatic nitrogens is 4. The van der Waals surface area contributed by atoms with E-state index in [0.717, 1.165) is 47.9 Å². The van der Waals surface area contributed by atoms with Crippen LogP contribution in [0.3, 0.4) is 0 Å². The van der Waals surface area contributed by atoms with Crippen LogP contribution in [0.1, 0.15) is 40.6 Å². The van der Waals surface area contributed by atoms with E-state index in [4.69, 9.17) is 0 Å². The third kappa shape index (κ3) is 3.35. The third-order valence-electron chi connectivity index (χ3n) is 5.31. The number of likely N-dealkylation sites (tertiary alicyclic amines) is 1. The van der Waals surface area contributed by atoms with E-state index in [1.807, 2.05) is 60.0 Å². The molecule has 1 fully saturated rings. The van der Waals surface area contributed by atoms with E-state index >= 15 is 0 Å². The molecule has 0 saturated carbocycles. The van der Waals surface area contributed by atoms with E-state index in [0.29, 0.717) is 6.54 Å². The van der Waals surface area contributed by atoms with Gasteiger partial charge in [-0.25, -0.2) is 4.98 Å². The molecule has 1 atom stereocenters. The Balaban J connectivity index is 1.63. The Bertz CT molecular complexity index is 950. The number of carbonyl (C=O) groups is 1. The lowest BCUT2D eigenvalue weighted by molar-refractivity contribution is 0.0706. The molecule has 1 saturated heterocycles. The van der Waals surface area contributed by atoms with Gasteiger partial charge in [-0.1, -0.05) is 18.2 Å². The molecule has 0 unspecified atom stereocenters. The Hall–Kier alpha value is -3.02. The van der Waals surface area contributed by atoms with Gasteiger partial charge in [-0.15, -0.1) is 0 Å². The molecule has 0 aliphatic carbocycles. The summed E-state index contributed by atoms with van der Waals surface area (Å²) in [4.78, 5) is 28.5. The molecule has 6 heteroatoms. The first kappa shape index (κ1) is 17.4. The molecule has 3 heterocycles. The summed E-state index contributed by atoms with van der Waals surface area (Å²) < 4.78 is 2.03. The van der Waals surface area contributed by atoms with Crippen LogP contribution >= 0.6 is 0 Å². The summed E-state index contributed by atoms with van der Waals surface area (Å²) in [6.07, 6.45) is 7.26. The van der Waals surface area contributed by atoms with Crippen molar-refractivity contribution in [1.29, 1.82) is 0 Å². The molecule has 6 nitrogen and oxygen atoms in total. The number of carbonyl (C=O) groups excluding carboxylic acids is 1. The molecule has 27 heavy (non-hydrogen) atoms. The summed E-state index contributed by atoms with van der Waals surface area (Å²) in [5.74, 6) is 1.19. The van der Waals surface area contributed by atoms with Crippen molar-refractivity contribution in [1.82, 2.24) is 24.4 Å². The van der Waals surface area contributed by atoms with Crippen LogP contribution in [0.2, 0.25) is 0 Å². The van der Waals surface area contributed by atoms with Crippen molar-refractivity contribution in [3.05, 3.63) is 66.0 Å². The van der Waals surface area contributed by atoms with Gasteiger partial charge in [0.1, 0.15) is 11.5 Å². The Kier molecular flexibility index (Phi) is 4.71. The second-order valence-corrected chi connectivity index (χ2v) is 7.00. The minimum atomic E-state index is 0.0853. The van der Waals surface area contributed by atoms with Crippen LogP contribution in [0.5, 0.6) is 0 Å². The van der Waals surface area contributed by atoms with Crippen molar-refractivity contribution in [2.24, 2.45) is 7.05 Å². The number of piperidine rings is 1. The monoisotopic (exact) mass is 361 g/mol. The van der Waals surface area contributed by atoms with Crippen molar-refractivity contribution in [3.8, 4) is 11.4 Å². The molecule has 4 rings (SSSR count). The Morgan fingerprint density at radius 1 is 1.11 bits per heavy atom. The predicted molar refractivity (Wildman–Crippen MR) is 103 cm³/mol. The number of benzene rings is 1. The van der Waals surface area contributed by atoms with Crippen molar-refractivity contribution < 1.29 is 4.79 Å². The largest absolute Gasteiger partial charge is 0.338 e. The Labute approximate surface area is 158 Å². The first-order chi connectivity index (χ1) is 13.1. The summed E-state index contributed by atoms with van der Waals surface area (Å²) in [6, 6.07) is 9.48. The molecule has 3 aromatic rings. The summed E-state index contributed by atoms with van der Waals surface area (Å²) in [5.41, 5.74) is 3.51. The van der Waals surface area contributed by atoms with Crippen LogP contribution in [0.15, 0.2) is 48.9 Å². The minimum absolute atomic E-state index is 0.0853. The van der Waals surface area contributed by atoms with Gasteiger partial charge < -0.3 is 9.47 Å². The third-order valence-corrected chi connectivity index (χ3v) is 5.31. The first-order valence-corrected chi connectivity index (χ1v) is 9.29. The SMILES string of the molecule is Cc1ncc(-c2nccnc2[C@H]2CCCN(C(=O)c3ccccc3)C2)n1C. The molecule has 0 spiro atoms. The molecule has 1 aliphatic rings. The normalized spacial score (nSPS) is 17.1. The lowest BCUT2D eigenvalue weighted by Gasteiger charge is -2.33. The Morgan fingerprint density at radius 3 is 2.63 bits per heavy atom. The van der Waals surface area contributed by atoms with Gasteiger partial charge in [-0.05, 0) is 31.9 Å². The maximum absolute atomic E-state index is 12.9. The molecule has 2 aromatic heterocycles. The number of nitrogens with zero attached hydrogens (tertiary/aromatic N) is 5. The summed E-state index contributed by atoms with van der Waals surface area (Å²) in [6.45, 7) is 3.42. The number of rotatable bonds is 3. The second kappa shape index (κ2) is 7.31. The highest BCUT2D eigenvalue weighted by Gasteiger charge is 2.29. The van der Waals surface area contributed by atoms with E-state index < -0.39 is 0 Å². The second-order valence-electron chi connectivity index (χ2n) is 7.00. The molecule has 0 N–H and O–H groups in total. The topological polar surface area (TPSA) is 63.9 Å². The molecular weight excluding hydrogens is 338 g/mol. The van der Waals surface area contributed by atoms with E-state index in [-0.39, 0.29) is 11.8 Å². The van der Waals surface area contributed by atoms with Crippen LogP contribution in [-0.2, 0) is 7.05 Å². The van der Waals surface area contributed by atoms with Gasteiger partial charge >= 0.3 is 0 Å². The number of hydrogen-bond donors (Lipinski definition) is 0. The maximum atomic E-state index is 12.9. The van der Waals surface area contributed by atoms with Gasteiger partial charge in [0.05, 0.1) is 17.6 Å². The van der Waals surface area contributed by atoms with Gasteiger partial charge in [0.2, 0.25) is 0 Å². The fraction of sp³-hybridized carbons (Fsp3) is 0.333. The minimum Gasteiger partial charge on any atom is -0.338 e. The zero-order valence-electron chi connectivity index (χ0n) is 15.7. The zero-order valence-corrected chi connectivity index (χ0v) is 15.7. The molecule has 0 radical (unpaired) electrons. The number of amides is 1. The molecular formula is C21H23N5O. The Morgan fingerprint density at radius 2 is 1.89 bits per heavy atom. The fourth-order valence-corrected chi connectivity index (χ4v) is 3.72. The van der Waals surface area contributed by atoms with Crippen LogP contribution < -0.4 is 0 Å². The lowest BCUT2D eigenvalue weighted by atomic mass is 9.92. The molecule has 1 aromatic carbocycles. The smallest absolute Gasteiger partial charge is 0.253 e. The van der Waals surface area contributed by atoms with Gasteiger partial charge in [0.25, 0.3) is 5.91 Å². The molecule has 138 valence electrons. The average Bonchev–Trinajstić information content (AvgIpc) is 3.06. The van der Waals surface area contributed by atoms with Crippen molar-refractivity contribution in [2.75, 3.05) is 13.1 Å². The molecule has 0 bridgehead atoms. The predicted octanol–water partition coefficient (Wildman–Crippen LogP) is 3.21. The highest BCUT2D eigenvalue weighted by atomic mass is 16.2. The average molecular weight is 361 g/mol. The zero-order chi connectivity index (χ0) is 18.8. The van der Waals surface area contributed by atoms with E-state index in [1.165, 1.54) is 0 Å². The fourth-order valence-electron chi connectivity index (χ4n) is 3.72. The highest BCUT2D eigenvalue weighted by Crippen LogP contribution is 2.32. The standard InChI is InChI=1S/C21H23N5O/c1-15-24-13-18(25(15)2)20-19(22-10-11-23-20)17-9-6-12-26(14-17)21(27)16-7-4-3-5-8-16/h3-5,7-8,10-11,13,17H,6,9,12,14H2,1-2H3/t17-/m0/s1. The van der Waals surface area contributed by atoms with Crippen molar-refractivity contribution in [3.63, 3.8) is 0 Å². The van der Waals surface area contributed by atoms with Crippen LogP contribution in [0, 0.1) is 6.92 Å². The lowest BCUT2D eigenvalue weighted by Crippen LogP contribution is -2.39. The summed E-state index contributed by atoms with van der Waals surface area (Å²) in [7, 11) is 1.99. The van der Waals surface area contributed by atoms with E-state index in [1.54, 1.807) is 12.4 Å². The van der Waals surface area contributed by atoms with E-state index in [9.17, 15) is 4.79 Å². The van der Waals surface area contributed by atoms with E-state index in [2.05, 4.69) is 15.0 Å². The highest BCUT2D eigenvalue weighted by molar-refractivity contribution is 5.94. The first-order valence-electron chi connectivity index (χ1n) is 9.29. The van der Waals surface area contributed by atoms with Crippen molar-refractivity contribution >= 4 is 5.91 Å². The van der Waals surface area contributed by atoms with Gasteiger partial charge in [-0.2, -0.15) is 0 Å². The molecule has 1 amide bonds. The van der Waals surface area contributed by atoms with Gasteiger partial charge in [0, 0.05) is 44.0 Å².